The second-order valence-corrected chi connectivity index (χ2v) is 3.71. The van der Waals surface area contributed by atoms with Crippen molar-refractivity contribution in [2.75, 3.05) is 0 Å². The third-order valence-corrected chi connectivity index (χ3v) is 2.85. The average molecular weight is 189 g/mol. The highest BCUT2D eigenvalue weighted by molar-refractivity contribution is 5.92. The highest BCUT2D eigenvalue weighted by atomic mass is 16.6. The summed E-state index contributed by atoms with van der Waals surface area (Å²) < 4.78 is 7.69. The van der Waals surface area contributed by atoms with E-state index in [4.69, 9.17) is 1.37 Å². The molecule has 0 saturated heterocycles. The van der Waals surface area contributed by atoms with Crippen molar-refractivity contribution in [3.05, 3.63) is 39.4 Å². The lowest BCUT2D eigenvalue weighted by Gasteiger charge is -2.05. The van der Waals surface area contributed by atoms with Crippen LogP contribution < -0.4 is 0 Å². The van der Waals surface area contributed by atoms with Crippen molar-refractivity contribution in [2.45, 2.75) is 18.4 Å². The molecule has 0 bridgehead atoms. The fourth-order valence-electron chi connectivity index (χ4n) is 1.92. The summed E-state index contributed by atoms with van der Waals surface area (Å²) in [6, 6.07) is 4.95. The number of hydrogen-bond acceptors (Lipinski definition) is 3. The minimum Gasteiger partial charge on any atom is -0.281 e. The summed E-state index contributed by atoms with van der Waals surface area (Å²) in [5.41, 5.74) is 1.00. The largest absolute Gasteiger partial charge is 0.281 e. The Labute approximate surface area is 81.8 Å². The first-order valence-corrected chi connectivity index (χ1v) is 4.49. The summed E-state index contributed by atoms with van der Waals surface area (Å²) >= 11 is 0. The SMILES string of the molecule is [2H]C1=NC2(CC2)c2cccc([N+](=O)[O-])c21. The van der Waals surface area contributed by atoms with Gasteiger partial charge in [-0.3, -0.25) is 15.1 Å². The fourth-order valence-corrected chi connectivity index (χ4v) is 1.92. The van der Waals surface area contributed by atoms with Crippen molar-refractivity contribution in [3.63, 3.8) is 0 Å². The van der Waals surface area contributed by atoms with E-state index in [1.807, 2.05) is 6.07 Å². The Morgan fingerprint density at radius 1 is 1.57 bits per heavy atom. The first kappa shape index (κ1) is 6.70. The van der Waals surface area contributed by atoms with Crippen LogP contribution in [0.25, 0.3) is 0 Å². The standard InChI is InChI=1S/C10H8N2O2/c13-12(14)9-3-1-2-8-7(9)6-11-10(8)4-5-10/h1-3,6H,4-5H2/i6D. The maximum Gasteiger partial charge on any atom is 0.278 e. The lowest BCUT2D eigenvalue weighted by atomic mass is 10.0. The van der Waals surface area contributed by atoms with Crippen LogP contribution in [0.4, 0.5) is 5.69 Å². The third-order valence-electron chi connectivity index (χ3n) is 2.85. The summed E-state index contributed by atoms with van der Waals surface area (Å²) in [5.74, 6) is 0. The molecule has 1 aliphatic heterocycles. The van der Waals surface area contributed by atoms with E-state index in [-0.39, 0.29) is 17.4 Å². The number of rotatable bonds is 1. The minimum atomic E-state index is -0.440. The monoisotopic (exact) mass is 189 g/mol. The van der Waals surface area contributed by atoms with Crippen molar-refractivity contribution in [1.29, 1.82) is 0 Å². The topological polar surface area (TPSA) is 55.5 Å². The number of nitro groups is 1. The average Bonchev–Trinajstić information content (AvgIpc) is 2.91. The number of hydrogen-bond donors (Lipinski definition) is 0. The van der Waals surface area contributed by atoms with Gasteiger partial charge in [0.05, 0.1) is 17.4 Å². The molecule has 1 fully saturated rings. The van der Waals surface area contributed by atoms with Crippen molar-refractivity contribution < 1.29 is 6.29 Å². The molecule has 0 amide bonds. The second kappa shape index (κ2) is 2.20. The van der Waals surface area contributed by atoms with Crippen molar-refractivity contribution >= 4 is 11.9 Å². The zero-order valence-corrected chi connectivity index (χ0v) is 7.36. The van der Waals surface area contributed by atoms with Crippen molar-refractivity contribution in [2.24, 2.45) is 4.99 Å². The molecule has 0 unspecified atom stereocenters. The lowest BCUT2D eigenvalue weighted by Crippen LogP contribution is -2.01. The van der Waals surface area contributed by atoms with E-state index >= 15 is 0 Å². The molecule has 3 rings (SSSR count). The summed E-state index contributed by atoms with van der Waals surface area (Å²) in [6.07, 6.45) is 1.88. The number of nitrogens with zero attached hydrogens (tertiary/aromatic N) is 2. The predicted molar refractivity (Wildman–Crippen MR) is 51.6 cm³/mol. The van der Waals surface area contributed by atoms with Gasteiger partial charge in [-0.25, -0.2) is 0 Å². The molecular formula is C10H8N2O2. The summed E-state index contributed by atoms with van der Waals surface area (Å²) in [5, 5.41) is 10.8. The third kappa shape index (κ3) is 0.801. The second-order valence-electron chi connectivity index (χ2n) is 3.71. The van der Waals surface area contributed by atoms with Gasteiger partial charge in [-0.05, 0) is 18.4 Å². The van der Waals surface area contributed by atoms with Crippen LogP contribution in [0.2, 0.25) is 0 Å². The van der Waals surface area contributed by atoms with Gasteiger partial charge >= 0.3 is 0 Å². The first-order chi connectivity index (χ1) is 7.14. The molecule has 1 heterocycles. The molecule has 0 aromatic heterocycles. The Morgan fingerprint density at radius 3 is 3.00 bits per heavy atom. The summed E-state index contributed by atoms with van der Waals surface area (Å²) in [7, 11) is 0. The quantitative estimate of drug-likeness (QED) is 0.501. The number of benzene rings is 1. The molecule has 4 heteroatoms. The predicted octanol–water partition coefficient (Wildman–Crippen LogP) is 2.02. The highest BCUT2D eigenvalue weighted by Gasteiger charge is 2.49. The molecule has 1 spiro atoms. The van der Waals surface area contributed by atoms with E-state index in [2.05, 4.69) is 4.99 Å². The van der Waals surface area contributed by atoms with Crippen LogP contribution in [0.3, 0.4) is 0 Å². The molecule has 1 aromatic carbocycles. The van der Waals surface area contributed by atoms with Gasteiger partial charge in [-0.1, -0.05) is 12.1 Å². The maximum absolute atomic E-state index is 10.8. The fraction of sp³-hybridized carbons (Fsp3) is 0.300. The van der Waals surface area contributed by atoms with E-state index in [1.165, 1.54) is 6.07 Å². The Morgan fingerprint density at radius 2 is 2.36 bits per heavy atom. The highest BCUT2D eigenvalue weighted by Crippen LogP contribution is 2.54. The van der Waals surface area contributed by atoms with Gasteiger partial charge < -0.3 is 0 Å². The zero-order valence-electron chi connectivity index (χ0n) is 8.36. The van der Waals surface area contributed by atoms with Crippen molar-refractivity contribution in [1.82, 2.24) is 0 Å². The van der Waals surface area contributed by atoms with Gasteiger partial charge in [-0.15, -0.1) is 0 Å². The van der Waals surface area contributed by atoms with Crippen LogP contribution in [0, 0.1) is 10.1 Å². The van der Waals surface area contributed by atoms with E-state index in [0.29, 0.717) is 5.56 Å². The molecule has 2 aliphatic rings. The van der Waals surface area contributed by atoms with Crippen molar-refractivity contribution in [3.8, 4) is 0 Å². The summed E-state index contributed by atoms with van der Waals surface area (Å²) in [6.45, 7) is 0. The molecule has 1 aromatic rings. The van der Waals surface area contributed by atoms with Gasteiger partial charge in [-0.2, -0.15) is 0 Å². The Balaban J connectivity index is 2.29. The van der Waals surface area contributed by atoms with Crippen LogP contribution >= 0.6 is 0 Å². The lowest BCUT2D eigenvalue weighted by molar-refractivity contribution is -0.385. The van der Waals surface area contributed by atoms with Crippen LogP contribution in [0.1, 0.15) is 25.3 Å². The molecule has 1 aliphatic carbocycles. The molecule has 70 valence electrons. The molecule has 0 atom stereocenters. The van der Waals surface area contributed by atoms with Crippen LogP contribution in [-0.2, 0) is 5.54 Å². The molecule has 14 heavy (non-hydrogen) atoms. The first-order valence-electron chi connectivity index (χ1n) is 4.99. The van der Waals surface area contributed by atoms with Crippen LogP contribution in [-0.4, -0.2) is 11.1 Å². The van der Waals surface area contributed by atoms with Gasteiger partial charge in [0, 0.05) is 12.3 Å². The molecule has 1 saturated carbocycles. The van der Waals surface area contributed by atoms with E-state index in [9.17, 15) is 10.1 Å². The molecule has 0 radical (unpaired) electrons. The Bertz CT molecular complexity index is 506. The van der Waals surface area contributed by atoms with E-state index in [0.717, 1.165) is 18.4 Å². The van der Waals surface area contributed by atoms with E-state index in [1.54, 1.807) is 6.07 Å². The minimum absolute atomic E-state index is 0.00465. The van der Waals surface area contributed by atoms with Gasteiger partial charge in [0.15, 0.2) is 0 Å². The number of fused-ring (bicyclic) bond motifs is 2. The molecule has 4 nitrogen and oxygen atoms in total. The Kier molecular flexibility index (Phi) is 1.05. The zero-order chi connectivity index (χ0) is 10.6. The maximum atomic E-state index is 10.8. The molecule has 0 N–H and O–H groups in total. The smallest absolute Gasteiger partial charge is 0.278 e. The van der Waals surface area contributed by atoms with Crippen LogP contribution in [0.15, 0.2) is 23.2 Å². The van der Waals surface area contributed by atoms with Gasteiger partial charge in [0.1, 0.15) is 0 Å². The summed E-state index contributed by atoms with van der Waals surface area (Å²) in [4.78, 5) is 14.6. The van der Waals surface area contributed by atoms with Crippen LogP contribution in [0.5, 0.6) is 0 Å². The normalized spacial score (nSPS) is 21.4. The van der Waals surface area contributed by atoms with Gasteiger partial charge in [0.25, 0.3) is 5.69 Å². The van der Waals surface area contributed by atoms with Gasteiger partial charge in [0.2, 0.25) is 0 Å². The number of nitro benzene ring substituents is 1. The van der Waals surface area contributed by atoms with E-state index < -0.39 is 4.92 Å². The number of aliphatic imine (C=N–C) groups is 1. The molecular weight excluding hydrogens is 180 g/mol. The Hall–Kier alpha value is -1.71.